The van der Waals surface area contributed by atoms with Crippen molar-refractivity contribution >= 4 is 29.4 Å². The molecule has 2 aromatic rings. The summed E-state index contributed by atoms with van der Waals surface area (Å²) in [5.41, 5.74) is 1.28. The second kappa shape index (κ2) is 7.99. The molecule has 28 heavy (non-hydrogen) atoms. The van der Waals surface area contributed by atoms with Crippen LogP contribution in [0.4, 0.5) is 10.1 Å². The lowest BCUT2D eigenvalue weighted by atomic mass is 10.1. The fraction of sp³-hybridized carbons (Fsp3) is 0.200. The van der Waals surface area contributed by atoms with Crippen LogP contribution in [-0.4, -0.2) is 41.7 Å². The highest BCUT2D eigenvalue weighted by Crippen LogP contribution is 2.22. The molecule has 0 saturated heterocycles. The molecule has 0 unspecified atom stereocenters. The first kappa shape index (κ1) is 19.2. The van der Waals surface area contributed by atoms with Gasteiger partial charge in [-0.1, -0.05) is 18.2 Å². The third-order valence-corrected chi connectivity index (χ3v) is 4.24. The van der Waals surface area contributed by atoms with Gasteiger partial charge in [0, 0.05) is 12.2 Å². The number of ether oxygens (including phenoxy) is 1. The normalized spacial score (nSPS) is 12.7. The summed E-state index contributed by atoms with van der Waals surface area (Å²) in [5.74, 6) is -2.75. The molecule has 0 aromatic heterocycles. The Morgan fingerprint density at radius 1 is 1.07 bits per heavy atom. The molecule has 3 amide bonds. The van der Waals surface area contributed by atoms with Crippen molar-refractivity contribution in [1.82, 2.24) is 4.90 Å². The Hall–Kier alpha value is -3.55. The fourth-order valence-corrected chi connectivity index (χ4v) is 2.73. The topological polar surface area (TPSA) is 92.8 Å². The number of benzene rings is 2. The maximum Gasteiger partial charge on any atom is 0.308 e. The molecule has 0 aliphatic carbocycles. The van der Waals surface area contributed by atoms with Crippen molar-refractivity contribution in [3.8, 4) is 0 Å². The number of nitrogens with zero attached hydrogens (tertiary/aromatic N) is 1. The van der Waals surface area contributed by atoms with Crippen LogP contribution < -0.4 is 5.32 Å². The van der Waals surface area contributed by atoms with Crippen LogP contribution in [0.2, 0.25) is 0 Å². The summed E-state index contributed by atoms with van der Waals surface area (Å²) in [6, 6.07) is 10.6. The van der Waals surface area contributed by atoms with Crippen LogP contribution in [0.15, 0.2) is 42.5 Å². The zero-order valence-electron chi connectivity index (χ0n) is 15.0. The lowest BCUT2D eigenvalue weighted by molar-refractivity contribution is -0.147. The lowest BCUT2D eigenvalue weighted by Gasteiger charge is -2.13. The van der Waals surface area contributed by atoms with Gasteiger partial charge in [-0.15, -0.1) is 0 Å². The molecule has 1 N–H and O–H groups in total. The van der Waals surface area contributed by atoms with Crippen LogP contribution in [0, 0.1) is 12.7 Å². The summed E-state index contributed by atoms with van der Waals surface area (Å²) in [5, 5.41) is 2.41. The van der Waals surface area contributed by atoms with E-state index in [9.17, 15) is 23.6 Å². The largest absolute Gasteiger partial charge is 0.456 e. The molecule has 3 rings (SSSR count). The average Bonchev–Trinajstić information content (AvgIpc) is 2.92. The fourth-order valence-electron chi connectivity index (χ4n) is 2.73. The minimum absolute atomic E-state index is 0.143. The molecule has 0 fully saturated rings. The number of carbonyl (C=O) groups excluding carboxylic acids is 4. The maximum absolute atomic E-state index is 13.5. The Kier molecular flexibility index (Phi) is 5.49. The van der Waals surface area contributed by atoms with Gasteiger partial charge in [-0.25, -0.2) is 4.39 Å². The van der Waals surface area contributed by atoms with Crippen molar-refractivity contribution in [2.24, 2.45) is 0 Å². The molecule has 2 aromatic carbocycles. The molecule has 0 atom stereocenters. The summed E-state index contributed by atoms with van der Waals surface area (Å²) in [6.45, 7) is 0.892. The van der Waals surface area contributed by atoms with Gasteiger partial charge in [0.05, 0.1) is 17.5 Å². The number of hydrogen-bond acceptors (Lipinski definition) is 5. The number of fused-ring (bicyclic) bond motifs is 1. The third kappa shape index (κ3) is 4.06. The molecule has 8 heteroatoms. The molecule has 7 nitrogen and oxygen atoms in total. The number of esters is 1. The number of nitrogens with one attached hydrogen (secondary N) is 1. The van der Waals surface area contributed by atoms with Crippen molar-refractivity contribution in [3.05, 3.63) is 65.0 Å². The van der Waals surface area contributed by atoms with Crippen LogP contribution >= 0.6 is 0 Å². The number of halogens is 1. The molecule has 144 valence electrons. The van der Waals surface area contributed by atoms with Crippen LogP contribution in [0.3, 0.4) is 0 Å². The second-order valence-electron chi connectivity index (χ2n) is 6.23. The van der Waals surface area contributed by atoms with Crippen LogP contribution in [-0.2, 0) is 14.3 Å². The molecular formula is C20H17FN2O5. The van der Waals surface area contributed by atoms with E-state index in [2.05, 4.69) is 5.32 Å². The van der Waals surface area contributed by atoms with Crippen molar-refractivity contribution in [2.75, 3.05) is 18.5 Å². The predicted molar refractivity (Wildman–Crippen MR) is 97.2 cm³/mol. The van der Waals surface area contributed by atoms with E-state index in [4.69, 9.17) is 4.74 Å². The van der Waals surface area contributed by atoms with Gasteiger partial charge < -0.3 is 10.1 Å². The first-order chi connectivity index (χ1) is 13.4. The molecule has 0 saturated carbocycles. The van der Waals surface area contributed by atoms with Gasteiger partial charge in [-0.05, 0) is 36.8 Å². The van der Waals surface area contributed by atoms with Crippen molar-refractivity contribution in [2.45, 2.75) is 13.3 Å². The summed E-state index contributed by atoms with van der Waals surface area (Å²) in [6.07, 6.45) is -0.238. The molecule has 0 bridgehead atoms. The quantitative estimate of drug-likeness (QED) is 0.609. The SMILES string of the molecule is Cc1ccc(NC(=O)COC(=O)CCN2C(=O)c3ccccc3C2=O)cc1F. The summed E-state index contributed by atoms with van der Waals surface area (Å²) in [4.78, 5) is 49.0. The Bertz CT molecular complexity index is 938. The number of carbonyl (C=O) groups is 4. The Morgan fingerprint density at radius 2 is 1.71 bits per heavy atom. The monoisotopic (exact) mass is 384 g/mol. The van der Waals surface area contributed by atoms with Gasteiger partial charge in [0.2, 0.25) is 0 Å². The maximum atomic E-state index is 13.5. The van der Waals surface area contributed by atoms with Gasteiger partial charge >= 0.3 is 5.97 Å². The molecule has 1 aliphatic heterocycles. The number of aryl methyl sites for hydroxylation is 1. The van der Waals surface area contributed by atoms with Crippen molar-refractivity contribution in [3.63, 3.8) is 0 Å². The zero-order valence-corrected chi connectivity index (χ0v) is 15.0. The van der Waals surface area contributed by atoms with E-state index >= 15 is 0 Å². The molecule has 0 spiro atoms. The minimum atomic E-state index is -0.734. The summed E-state index contributed by atoms with van der Waals surface area (Å²) >= 11 is 0. The van der Waals surface area contributed by atoms with E-state index < -0.39 is 36.1 Å². The van der Waals surface area contributed by atoms with E-state index in [0.29, 0.717) is 16.7 Å². The zero-order chi connectivity index (χ0) is 20.3. The number of anilines is 1. The van der Waals surface area contributed by atoms with Crippen LogP contribution in [0.1, 0.15) is 32.7 Å². The first-order valence-electron chi connectivity index (χ1n) is 8.53. The molecular weight excluding hydrogens is 367 g/mol. The molecule has 1 heterocycles. The van der Waals surface area contributed by atoms with Gasteiger partial charge in [0.15, 0.2) is 6.61 Å². The van der Waals surface area contributed by atoms with Gasteiger partial charge in [-0.3, -0.25) is 24.1 Å². The van der Waals surface area contributed by atoms with Crippen LogP contribution in [0.5, 0.6) is 0 Å². The van der Waals surface area contributed by atoms with E-state index in [-0.39, 0.29) is 18.7 Å². The highest BCUT2D eigenvalue weighted by molar-refractivity contribution is 6.21. The molecule has 0 radical (unpaired) electrons. The lowest BCUT2D eigenvalue weighted by Crippen LogP contribution is -2.32. The standard InChI is InChI=1S/C20H17FN2O5/c1-12-6-7-13(10-16(12)21)22-17(24)11-28-18(25)8-9-23-19(26)14-4-2-3-5-15(14)20(23)27/h2-7,10H,8-9,11H2,1H3,(H,22,24). The number of hydrogen-bond donors (Lipinski definition) is 1. The van der Waals surface area contributed by atoms with Crippen LogP contribution in [0.25, 0.3) is 0 Å². The van der Waals surface area contributed by atoms with Gasteiger partial charge in [0.25, 0.3) is 17.7 Å². The minimum Gasteiger partial charge on any atom is -0.456 e. The number of amides is 3. The number of rotatable bonds is 6. The van der Waals surface area contributed by atoms with Gasteiger partial charge in [0.1, 0.15) is 5.82 Å². The average molecular weight is 384 g/mol. The number of imide groups is 1. The van der Waals surface area contributed by atoms with E-state index in [1.165, 1.54) is 12.1 Å². The smallest absolute Gasteiger partial charge is 0.308 e. The molecule has 1 aliphatic rings. The Balaban J connectivity index is 1.46. The third-order valence-electron chi connectivity index (χ3n) is 4.24. The van der Waals surface area contributed by atoms with E-state index in [1.54, 1.807) is 31.2 Å². The van der Waals surface area contributed by atoms with E-state index in [1.807, 2.05) is 0 Å². The second-order valence-corrected chi connectivity index (χ2v) is 6.23. The summed E-state index contributed by atoms with van der Waals surface area (Å²) < 4.78 is 18.3. The highest BCUT2D eigenvalue weighted by Gasteiger charge is 2.35. The highest BCUT2D eigenvalue weighted by atomic mass is 19.1. The van der Waals surface area contributed by atoms with Crippen molar-refractivity contribution < 1.29 is 28.3 Å². The summed E-state index contributed by atoms with van der Waals surface area (Å²) in [7, 11) is 0. The van der Waals surface area contributed by atoms with E-state index in [0.717, 1.165) is 11.0 Å². The first-order valence-corrected chi connectivity index (χ1v) is 8.53. The predicted octanol–water partition coefficient (Wildman–Crippen LogP) is 2.30. The van der Waals surface area contributed by atoms with Gasteiger partial charge in [-0.2, -0.15) is 0 Å². The Morgan fingerprint density at radius 3 is 2.32 bits per heavy atom. The van der Waals surface area contributed by atoms with Crippen molar-refractivity contribution in [1.29, 1.82) is 0 Å². The Labute approximate surface area is 160 Å².